The fourth-order valence-corrected chi connectivity index (χ4v) is 3.81. The number of carboxylic acid groups (broad SMARTS) is 1. The number of piperidine rings is 1. The molecule has 2 amide bonds. The lowest BCUT2D eigenvalue weighted by Crippen LogP contribution is -2.45. The minimum Gasteiger partial charge on any atom is -0.465 e. The molecule has 3 atom stereocenters. The van der Waals surface area contributed by atoms with E-state index in [1.807, 2.05) is 0 Å². The van der Waals surface area contributed by atoms with Gasteiger partial charge in [-0.05, 0) is 34.8 Å². The lowest BCUT2D eigenvalue weighted by Gasteiger charge is -2.24. The van der Waals surface area contributed by atoms with E-state index in [0.717, 1.165) is 6.42 Å². The number of pyridine rings is 1. The average Bonchev–Trinajstić information content (AvgIpc) is 3.21. The van der Waals surface area contributed by atoms with Crippen molar-refractivity contribution in [2.75, 3.05) is 11.9 Å². The molecule has 1 aromatic heterocycles. The zero-order valence-electron chi connectivity index (χ0n) is 14.2. The zero-order chi connectivity index (χ0) is 18.9. The molecule has 26 heavy (non-hydrogen) atoms. The molecule has 1 aliphatic heterocycles. The summed E-state index contributed by atoms with van der Waals surface area (Å²) in [6.45, 7) is 8.03. The number of likely N-dealkylation sites (tertiary alicyclic amines) is 1. The normalized spacial score (nSPS) is 26.1. The Labute approximate surface area is 159 Å². The summed E-state index contributed by atoms with van der Waals surface area (Å²) < 4.78 is 5.99. The van der Waals surface area contributed by atoms with Crippen LogP contribution in [0.2, 0.25) is 0 Å². The quantitative estimate of drug-likeness (QED) is 0.400. The number of nitrogens with zero attached hydrogens (tertiary/aromatic N) is 2. The van der Waals surface area contributed by atoms with E-state index in [-0.39, 0.29) is 18.1 Å². The first kappa shape index (κ1) is 18.6. The van der Waals surface area contributed by atoms with Gasteiger partial charge in [-0.1, -0.05) is 18.2 Å². The van der Waals surface area contributed by atoms with Crippen LogP contribution in [0.15, 0.2) is 42.0 Å². The lowest BCUT2D eigenvalue weighted by atomic mass is 9.99. The van der Waals surface area contributed by atoms with Gasteiger partial charge in [-0.3, -0.25) is 9.69 Å². The summed E-state index contributed by atoms with van der Waals surface area (Å²) in [6, 6.07) is 2.62. The van der Waals surface area contributed by atoms with Crippen molar-refractivity contribution in [2.45, 2.75) is 31.5 Å². The van der Waals surface area contributed by atoms with Crippen LogP contribution in [0.4, 0.5) is 10.6 Å². The maximum Gasteiger partial charge on any atom is 0.408 e. The van der Waals surface area contributed by atoms with Crippen LogP contribution in [0.5, 0.6) is 0 Å². The van der Waals surface area contributed by atoms with Crippen LogP contribution in [-0.4, -0.2) is 45.7 Å². The number of fused-ring (bicyclic) bond motifs is 1. The Hall–Kier alpha value is -2.19. The van der Waals surface area contributed by atoms with E-state index in [4.69, 9.17) is 4.74 Å². The minimum absolute atomic E-state index is 0.167. The van der Waals surface area contributed by atoms with Crippen LogP contribution in [0.3, 0.4) is 0 Å². The molecular formula is C18H20BrN3O4. The topological polar surface area (TPSA) is 91.8 Å². The lowest BCUT2D eigenvalue weighted by molar-refractivity contribution is -0.120. The van der Waals surface area contributed by atoms with E-state index < -0.39 is 18.0 Å². The molecule has 0 spiro atoms. The van der Waals surface area contributed by atoms with E-state index in [1.54, 1.807) is 24.3 Å². The van der Waals surface area contributed by atoms with Crippen LogP contribution in [0, 0.1) is 5.41 Å². The Balaban J connectivity index is 1.77. The summed E-state index contributed by atoms with van der Waals surface area (Å²) in [5.74, 6) is -0.0385. The molecule has 138 valence electrons. The highest BCUT2D eigenvalue weighted by atomic mass is 79.9. The highest BCUT2D eigenvalue weighted by molar-refractivity contribution is 9.10. The van der Waals surface area contributed by atoms with Gasteiger partial charge in [0.2, 0.25) is 5.91 Å². The van der Waals surface area contributed by atoms with Gasteiger partial charge in [-0.15, -0.1) is 13.2 Å². The molecule has 1 aliphatic carbocycles. The molecule has 0 unspecified atom stereocenters. The number of carbonyl (C=O) groups excluding carboxylic acids is 1. The fraction of sp³-hybridized carbons (Fsp3) is 0.389. The van der Waals surface area contributed by atoms with Crippen molar-refractivity contribution in [1.29, 1.82) is 0 Å². The van der Waals surface area contributed by atoms with Gasteiger partial charge in [-0.25, -0.2) is 9.78 Å². The third-order valence-corrected chi connectivity index (χ3v) is 5.37. The van der Waals surface area contributed by atoms with E-state index >= 15 is 0 Å². The Morgan fingerprint density at radius 3 is 2.88 bits per heavy atom. The zero-order valence-corrected chi connectivity index (χ0v) is 15.7. The summed E-state index contributed by atoms with van der Waals surface area (Å²) >= 11 is 3.29. The molecule has 7 nitrogen and oxygen atoms in total. The Kier molecular flexibility index (Phi) is 5.15. The molecule has 1 saturated heterocycles. The van der Waals surface area contributed by atoms with Gasteiger partial charge >= 0.3 is 6.09 Å². The number of ether oxygens (including phenoxy) is 1. The Bertz CT molecular complexity index is 769. The van der Waals surface area contributed by atoms with Gasteiger partial charge in [0.25, 0.3) is 0 Å². The van der Waals surface area contributed by atoms with E-state index in [0.29, 0.717) is 29.0 Å². The molecule has 1 saturated carbocycles. The largest absolute Gasteiger partial charge is 0.465 e. The van der Waals surface area contributed by atoms with Gasteiger partial charge in [0.1, 0.15) is 16.5 Å². The maximum atomic E-state index is 12.8. The number of carbonyl (C=O) groups is 2. The number of halogens is 1. The Morgan fingerprint density at radius 2 is 2.23 bits per heavy atom. The summed E-state index contributed by atoms with van der Waals surface area (Å²) in [6.07, 6.45) is 3.48. The van der Waals surface area contributed by atoms with E-state index in [1.165, 1.54) is 4.90 Å². The van der Waals surface area contributed by atoms with Crippen molar-refractivity contribution in [2.24, 2.45) is 5.41 Å². The van der Waals surface area contributed by atoms with Gasteiger partial charge < -0.3 is 15.2 Å². The highest BCUT2D eigenvalue weighted by Gasteiger charge is 2.66. The average molecular weight is 422 g/mol. The molecule has 2 fully saturated rings. The van der Waals surface area contributed by atoms with Gasteiger partial charge in [0.05, 0.1) is 13.2 Å². The summed E-state index contributed by atoms with van der Waals surface area (Å²) in [5.41, 5.74) is 0.424. The minimum atomic E-state index is -1.09. The summed E-state index contributed by atoms with van der Waals surface area (Å²) in [5, 5.41) is 12.3. The predicted molar refractivity (Wildman–Crippen MR) is 99.7 cm³/mol. The van der Waals surface area contributed by atoms with Crippen molar-refractivity contribution in [3.05, 3.63) is 47.6 Å². The second-order valence-electron chi connectivity index (χ2n) is 6.50. The Morgan fingerprint density at radius 1 is 1.46 bits per heavy atom. The first-order valence-corrected chi connectivity index (χ1v) is 9.01. The third kappa shape index (κ3) is 3.39. The number of rotatable bonds is 7. The van der Waals surface area contributed by atoms with Crippen LogP contribution in [-0.2, 0) is 16.1 Å². The monoisotopic (exact) mass is 421 g/mol. The number of nitrogens with one attached hydrogen (secondary N) is 1. The van der Waals surface area contributed by atoms with Crippen LogP contribution in [0.25, 0.3) is 0 Å². The molecule has 1 aromatic rings. The van der Waals surface area contributed by atoms with Crippen LogP contribution >= 0.6 is 15.9 Å². The molecule has 0 radical (unpaired) electrons. The first-order valence-electron chi connectivity index (χ1n) is 8.21. The van der Waals surface area contributed by atoms with Crippen LogP contribution < -0.4 is 5.32 Å². The second kappa shape index (κ2) is 7.20. The SMILES string of the molecule is C=CCOCc1ccc(Br)nc1NC(=O)[C@@H]1C[C@@]2(C=C)C[C@H]2N1C(=O)O. The summed E-state index contributed by atoms with van der Waals surface area (Å²) in [4.78, 5) is 29.9. The van der Waals surface area contributed by atoms with Crippen molar-refractivity contribution in [3.63, 3.8) is 0 Å². The number of anilines is 1. The molecule has 2 heterocycles. The molecule has 0 bridgehead atoms. The van der Waals surface area contributed by atoms with Crippen molar-refractivity contribution in [3.8, 4) is 0 Å². The second-order valence-corrected chi connectivity index (χ2v) is 7.31. The molecule has 2 N–H and O–H groups in total. The third-order valence-electron chi connectivity index (χ3n) is 4.93. The van der Waals surface area contributed by atoms with Crippen molar-refractivity contribution < 1.29 is 19.4 Å². The number of hydrogen-bond acceptors (Lipinski definition) is 4. The summed E-state index contributed by atoms with van der Waals surface area (Å²) in [7, 11) is 0. The number of amides is 2. The number of aromatic nitrogens is 1. The van der Waals surface area contributed by atoms with Crippen molar-refractivity contribution in [1.82, 2.24) is 9.88 Å². The smallest absolute Gasteiger partial charge is 0.408 e. The van der Waals surface area contributed by atoms with Gasteiger partial charge in [-0.2, -0.15) is 0 Å². The molecule has 8 heteroatoms. The van der Waals surface area contributed by atoms with E-state index in [9.17, 15) is 14.7 Å². The highest BCUT2D eigenvalue weighted by Crippen LogP contribution is 2.60. The van der Waals surface area contributed by atoms with Crippen LogP contribution in [0.1, 0.15) is 18.4 Å². The van der Waals surface area contributed by atoms with Gasteiger partial charge in [0, 0.05) is 17.0 Å². The standard InChI is InChI=1S/C18H20BrN3O4/c1-3-7-26-10-11-5-6-14(19)20-15(11)21-16(23)12-8-18(4-2)9-13(18)22(12)17(24)25/h3-6,12-13H,1-2,7-10H2,(H,24,25)(H,20,21,23)/t12-,13+,18-/m0/s1. The number of hydrogen-bond donors (Lipinski definition) is 2. The molecular weight excluding hydrogens is 402 g/mol. The molecule has 3 rings (SSSR count). The predicted octanol–water partition coefficient (Wildman–Crippen LogP) is 3.18. The first-order chi connectivity index (χ1) is 12.4. The van der Waals surface area contributed by atoms with Crippen molar-refractivity contribution >= 4 is 33.7 Å². The van der Waals surface area contributed by atoms with Gasteiger partial charge in [0.15, 0.2) is 0 Å². The molecule has 2 aliphatic rings. The maximum absolute atomic E-state index is 12.8. The molecule has 0 aromatic carbocycles. The van der Waals surface area contributed by atoms with E-state index in [2.05, 4.69) is 39.4 Å². The fourth-order valence-electron chi connectivity index (χ4n) is 3.50.